The molecule has 5 nitrogen and oxygen atoms in total. The van der Waals surface area contributed by atoms with Crippen LogP contribution < -0.4 is 9.64 Å². The molecule has 0 saturated carbocycles. The number of rotatable bonds is 5. The van der Waals surface area contributed by atoms with Crippen molar-refractivity contribution < 1.29 is 13.9 Å². The first kappa shape index (κ1) is 20.3. The minimum Gasteiger partial charge on any atom is -0.494 e. The highest BCUT2D eigenvalue weighted by Crippen LogP contribution is 2.37. The zero-order chi connectivity index (χ0) is 21.3. The minimum absolute atomic E-state index is 0.0473. The molecule has 2 aromatic heterocycles. The molecule has 30 heavy (non-hydrogen) atoms. The first-order valence-corrected chi connectivity index (χ1v) is 10.3. The highest BCUT2D eigenvalue weighted by molar-refractivity contribution is 7.22. The number of carbonyl (C=O) groups excluding carboxylic acids is 1. The van der Waals surface area contributed by atoms with Crippen molar-refractivity contribution >= 4 is 44.2 Å². The monoisotopic (exact) mass is 441 g/mol. The summed E-state index contributed by atoms with van der Waals surface area (Å²) in [6, 6.07) is 11.2. The molecule has 0 radical (unpaired) electrons. The molecule has 8 heteroatoms. The van der Waals surface area contributed by atoms with Crippen LogP contribution in [0.2, 0.25) is 5.02 Å². The summed E-state index contributed by atoms with van der Waals surface area (Å²) >= 11 is 7.56. The van der Waals surface area contributed by atoms with E-state index in [9.17, 15) is 9.18 Å². The van der Waals surface area contributed by atoms with Crippen molar-refractivity contribution in [2.24, 2.45) is 0 Å². The number of anilines is 1. The Bertz CT molecular complexity index is 1230. The van der Waals surface area contributed by atoms with E-state index in [1.807, 2.05) is 25.1 Å². The molecule has 0 N–H and O–H groups in total. The van der Waals surface area contributed by atoms with Crippen molar-refractivity contribution in [3.8, 4) is 5.75 Å². The number of aromatic nitrogens is 2. The molecule has 0 unspecified atom stereocenters. The summed E-state index contributed by atoms with van der Waals surface area (Å²) in [7, 11) is 1.58. The Morgan fingerprint density at radius 1 is 1.27 bits per heavy atom. The van der Waals surface area contributed by atoms with Crippen molar-refractivity contribution in [2.75, 3.05) is 12.0 Å². The molecule has 2 aromatic carbocycles. The van der Waals surface area contributed by atoms with Crippen molar-refractivity contribution in [3.05, 3.63) is 82.4 Å². The van der Waals surface area contributed by atoms with Crippen LogP contribution in [-0.2, 0) is 6.54 Å². The second-order valence-corrected chi connectivity index (χ2v) is 8.02. The zero-order valence-corrected chi connectivity index (χ0v) is 17.8. The minimum atomic E-state index is -0.504. The third-order valence-corrected chi connectivity index (χ3v) is 6.14. The maximum atomic E-state index is 13.5. The van der Waals surface area contributed by atoms with Crippen LogP contribution in [0.25, 0.3) is 10.2 Å². The van der Waals surface area contributed by atoms with Crippen LogP contribution in [0.3, 0.4) is 0 Å². The first-order valence-electron chi connectivity index (χ1n) is 9.08. The SMILES string of the molecule is COc1ccc(C)c2sc(N(Cc3cccnc3)C(=O)c3ccc(F)cc3Cl)nc12. The first-order chi connectivity index (χ1) is 14.5. The van der Waals surface area contributed by atoms with Gasteiger partial charge in [0, 0.05) is 12.4 Å². The molecule has 2 heterocycles. The van der Waals surface area contributed by atoms with E-state index < -0.39 is 5.82 Å². The largest absolute Gasteiger partial charge is 0.494 e. The Kier molecular flexibility index (Phi) is 5.65. The number of pyridine rings is 1. The van der Waals surface area contributed by atoms with Gasteiger partial charge in [0.1, 0.15) is 17.1 Å². The Labute approximate surface area is 181 Å². The topological polar surface area (TPSA) is 55.3 Å². The van der Waals surface area contributed by atoms with E-state index in [1.54, 1.807) is 25.6 Å². The number of fused-ring (bicyclic) bond motifs is 1. The summed E-state index contributed by atoms with van der Waals surface area (Å²) in [5.41, 5.74) is 2.74. The average molecular weight is 442 g/mol. The van der Waals surface area contributed by atoms with Crippen LogP contribution in [0.15, 0.2) is 54.9 Å². The lowest BCUT2D eigenvalue weighted by atomic mass is 10.2. The molecule has 0 aliphatic carbocycles. The van der Waals surface area contributed by atoms with E-state index in [0.29, 0.717) is 16.4 Å². The smallest absolute Gasteiger partial charge is 0.261 e. The van der Waals surface area contributed by atoms with Gasteiger partial charge in [0.25, 0.3) is 5.91 Å². The van der Waals surface area contributed by atoms with Gasteiger partial charge in [0.15, 0.2) is 5.13 Å². The third kappa shape index (κ3) is 3.86. The average Bonchev–Trinajstić information content (AvgIpc) is 3.19. The van der Waals surface area contributed by atoms with Gasteiger partial charge in [-0.2, -0.15) is 0 Å². The lowest BCUT2D eigenvalue weighted by molar-refractivity contribution is 0.0985. The molecular weight excluding hydrogens is 425 g/mol. The maximum Gasteiger partial charge on any atom is 0.261 e. The van der Waals surface area contributed by atoms with Gasteiger partial charge in [-0.25, -0.2) is 9.37 Å². The summed E-state index contributed by atoms with van der Waals surface area (Å²) in [4.78, 5) is 23.8. The number of amides is 1. The van der Waals surface area contributed by atoms with E-state index in [2.05, 4.69) is 4.98 Å². The number of nitrogens with zero attached hydrogens (tertiary/aromatic N) is 3. The Balaban J connectivity index is 1.84. The van der Waals surface area contributed by atoms with Crippen LogP contribution in [0.4, 0.5) is 9.52 Å². The van der Waals surface area contributed by atoms with Gasteiger partial charge < -0.3 is 4.74 Å². The maximum absolute atomic E-state index is 13.5. The highest BCUT2D eigenvalue weighted by Gasteiger charge is 2.25. The predicted molar refractivity (Wildman–Crippen MR) is 117 cm³/mol. The number of hydrogen-bond donors (Lipinski definition) is 0. The number of methoxy groups -OCH3 is 1. The van der Waals surface area contributed by atoms with Gasteiger partial charge in [0.05, 0.1) is 28.9 Å². The normalized spacial score (nSPS) is 10.9. The Hall–Kier alpha value is -3.03. The lowest BCUT2D eigenvalue weighted by Gasteiger charge is -2.20. The Morgan fingerprint density at radius 3 is 2.80 bits per heavy atom. The van der Waals surface area contributed by atoms with E-state index in [-0.39, 0.29) is 23.0 Å². The van der Waals surface area contributed by atoms with Crippen molar-refractivity contribution in [3.63, 3.8) is 0 Å². The molecule has 152 valence electrons. The highest BCUT2D eigenvalue weighted by atomic mass is 35.5. The fourth-order valence-corrected chi connectivity index (χ4v) is 4.38. The Morgan fingerprint density at radius 2 is 2.10 bits per heavy atom. The lowest BCUT2D eigenvalue weighted by Crippen LogP contribution is -2.30. The molecule has 0 atom stereocenters. The molecule has 0 bridgehead atoms. The van der Waals surface area contributed by atoms with Crippen LogP contribution in [0.5, 0.6) is 5.75 Å². The third-order valence-electron chi connectivity index (χ3n) is 4.61. The van der Waals surface area contributed by atoms with Gasteiger partial charge in [-0.3, -0.25) is 14.7 Å². The molecular formula is C22H17ClFN3O2S. The van der Waals surface area contributed by atoms with E-state index in [4.69, 9.17) is 21.3 Å². The predicted octanol–water partition coefficient (Wildman–Crippen LogP) is 5.65. The molecule has 4 rings (SSSR count). The van der Waals surface area contributed by atoms with E-state index >= 15 is 0 Å². The summed E-state index contributed by atoms with van der Waals surface area (Å²) in [5.74, 6) is -0.248. The van der Waals surface area contributed by atoms with Gasteiger partial charge in [0.2, 0.25) is 0 Å². The molecule has 0 aliphatic heterocycles. The number of aryl methyl sites for hydroxylation is 1. The number of ether oxygens (including phenoxy) is 1. The van der Waals surface area contributed by atoms with E-state index in [0.717, 1.165) is 21.9 Å². The molecule has 1 amide bonds. The number of halogens is 2. The van der Waals surface area contributed by atoms with Crippen LogP contribution in [0.1, 0.15) is 21.5 Å². The number of thiazole rings is 1. The molecule has 0 aliphatic rings. The second-order valence-electron chi connectivity index (χ2n) is 6.64. The quantitative estimate of drug-likeness (QED) is 0.401. The van der Waals surface area contributed by atoms with Crippen LogP contribution >= 0.6 is 22.9 Å². The fourth-order valence-electron chi connectivity index (χ4n) is 3.09. The summed E-state index contributed by atoms with van der Waals surface area (Å²) < 4.78 is 19.9. The summed E-state index contributed by atoms with van der Waals surface area (Å²) in [6.45, 7) is 2.22. The van der Waals surface area contributed by atoms with Gasteiger partial charge >= 0.3 is 0 Å². The van der Waals surface area contributed by atoms with Gasteiger partial charge in [-0.1, -0.05) is 35.1 Å². The molecule has 4 aromatic rings. The van der Waals surface area contributed by atoms with Gasteiger partial charge in [-0.15, -0.1) is 0 Å². The van der Waals surface area contributed by atoms with Crippen LogP contribution in [-0.4, -0.2) is 23.0 Å². The zero-order valence-electron chi connectivity index (χ0n) is 16.2. The van der Waals surface area contributed by atoms with Crippen LogP contribution in [0, 0.1) is 12.7 Å². The summed E-state index contributed by atoms with van der Waals surface area (Å²) in [5, 5.41) is 0.540. The van der Waals surface area contributed by atoms with E-state index in [1.165, 1.54) is 28.4 Å². The standard InChI is InChI=1S/C22H17ClFN3O2S/c1-13-5-8-18(29-2)19-20(13)30-22(26-19)27(12-14-4-3-9-25-11-14)21(28)16-7-6-15(24)10-17(16)23/h3-11H,12H2,1-2H3. The summed E-state index contributed by atoms with van der Waals surface area (Å²) in [6.07, 6.45) is 3.35. The number of hydrogen-bond acceptors (Lipinski definition) is 5. The number of benzene rings is 2. The molecule has 0 spiro atoms. The molecule has 0 fully saturated rings. The van der Waals surface area contributed by atoms with Crippen molar-refractivity contribution in [1.82, 2.24) is 9.97 Å². The van der Waals surface area contributed by atoms with Gasteiger partial charge in [-0.05, 0) is 48.4 Å². The van der Waals surface area contributed by atoms with Crippen molar-refractivity contribution in [1.29, 1.82) is 0 Å². The molecule has 0 saturated heterocycles. The second kappa shape index (κ2) is 8.38. The van der Waals surface area contributed by atoms with Crippen molar-refractivity contribution in [2.45, 2.75) is 13.5 Å². The fraction of sp³-hybridized carbons (Fsp3) is 0.136. The number of carbonyl (C=O) groups is 1.